The maximum Gasteiger partial charge on any atom is 0.262 e. The van der Waals surface area contributed by atoms with Crippen LogP contribution in [-0.2, 0) is 9.53 Å². The molecular formula is C19H27N3O3S. The van der Waals surface area contributed by atoms with Crippen LogP contribution >= 0.6 is 11.8 Å². The number of methoxy groups -OCH3 is 1. The number of thioether (sulfide) groups is 1. The van der Waals surface area contributed by atoms with Gasteiger partial charge in [0.25, 0.3) is 5.56 Å². The first-order chi connectivity index (χ1) is 12.3. The van der Waals surface area contributed by atoms with E-state index in [1.54, 1.807) is 36.7 Å². The van der Waals surface area contributed by atoms with E-state index < -0.39 is 0 Å². The van der Waals surface area contributed by atoms with Crippen molar-refractivity contribution in [2.24, 2.45) is 5.92 Å². The van der Waals surface area contributed by atoms with Crippen molar-refractivity contribution < 1.29 is 9.53 Å². The minimum Gasteiger partial charge on any atom is -0.383 e. The van der Waals surface area contributed by atoms with E-state index >= 15 is 0 Å². The molecule has 0 unspecified atom stereocenters. The Balaban J connectivity index is 2.61. The minimum absolute atomic E-state index is 0.0124. The van der Waals surface area contributed by atoms with Crippen molar-refractivity contribution in [2.45, 2.75) is 37.2 Å². The second-order valence-electron chi connectivity index (χ2n) is 6.91. The molecule has 1 amide bonds. The third kappa shape index (κ3) is 4.27. The molecule has 6 nitrogen and oxygen atoms in total. The number of hydrogen-bond acceptors (Lipinski definition) is 5. The number of amides is 1. The SMILES string of the molecule is COC[C@H](C)n1c(S[C@@H](C(=O)N(C)C)C(C)C)nc2ccccc2c1=O. The molecule has 7 heteroatoms. The Hall–Kier alpha value is -1.86. The molecule has 0 bridgehead atoms. The van der Waals surface area contributed by atoms with Gasteiger partial charge in [0.15, 0.2) is 5.16 Å². The van der Waals surface area contributed by atoms with Gasteiger partial charge in [-0.1, -0.05) is 37.7 Å². The topological polar surface area (TPSA) is 64.4 Å². The maximum absolute atomic E-state index is 13.1. The van der Waals surface area contributed by atoms with Crippen molar-refractivity contribution in [1.29, 1.82) is 0 Å². The molecule has 2 aromatic rings. The van der Waals surface area contributed by atoms with Crippen LogP contribution in [0.1, 0.15) is 26.8 Å². The lowest BCUT2D eigenvalue weighted by Gasteiger charge is -2.25. The van der Waals surface area contributed by atoms with Gasteiger partial charge in [0.2, 0.25) is 5.91 Å². The normalized spacial score (nSPS) is 13.8. The van der Waals surface area contributed by atoms with Crippen LogP contribution in [0.25, 0.3) is 10.9 Å². The summed E-state index contributed by atoms with van der Waals surface area (Å²) in [5.41, 5.74) is 0.531. The molecule has 1 heterocycles. The Morgan fingerprint density at radius 3 is 2.50 bits per heavy atom. The first kappa shape index (κ1) is 20.5. The van der Waals surface area contributed by atoms with Crippen LogP contribution in [0.3, 0.4) is 0 Å². The van der Waals surface area contributed by atoms with Crippen LogP contribution in [0.4, 0.5) is 0 Å². The molecule has 0 aliphatic carbocycles. The number of nitrogens with zero attached hydrogens (tertiary/aromatic N) is 3. The monoisotopic (exact) mass is 377 g/mol. The summed E-state index contributed by atoms with van der Waals surface area (Å²) in [5, 5.41) is 0.797. The molecule has 2 rings (SSSR count). The zero-order valence-corrected chi connectivity index (χ0v) is 17.0. The average molecular weight is 378 g/mol. The van der Waals surface area contributed by atoms with Gasteiger partial charge in [-0.25, -0.2) is 4.98 Å². The van der Waals surface area contributed by atoms with Crippen LogP contribution < -0.4 is 5.56 Å². The van der Waals surface area contributed by atoms with Crippen molar-refractivity contribution in [1.82, 2.24) is 14.5 Å². The molecule has 0 N–H and O–H groups in total. The van der Waals surface area contributed by atoms with Gasteiger partial charge >= 0.3 is 0 Å². The van der Waals surface area contributed by atoms with Crippen LogP contribution in [0.15, 0.2) is 34.2 Å². The van der Waals surface area contributed by atoms with Gasteiger partial charge in [0.05, 0.1) is 28.8 Å². The number of ether oxygens (including phenoxy) is 1. The predicted octanol–water partition coefficient (Wildman–Crippen LogP) is 2.81. The summed E-state index contributed by atoms with van der Waals surface area (Å²) in [7, 11) is 5.09. The van der Waals surface area contributed by atoms with E-state index in [2.05, 4.69) is 0 Å². The van der Waals surface area contributed by atoms with Crippen LogP contribution in [-0.4, -0.2) is 53.4 Å². The molecule has 26 heavy (non-hydrogen) atoms. The molecular weight excluding hydrogens is 350 g/mol. The van der Waals surface area contributed by atoms with Gasteiger partial charge in [-0.3, -0.25) is 14.2 Å². The largest absolute Gasteiger partial charge is 0.383 e. The average Bonchev–Trinajstić information content (AvgIpc) is 2.59. The lowest BCUT2D eigenvalue weighted by atomic mass is 10.1. The Morgan fingerprint density at radius 2 is 1.92 bits per heavy atom. The minimum atomic E-state index is -0.320. The number of aromatic nitrogens is 2. The van der Waals surface area contributed by atoms with Crippen LogP contribution in [0.2, 0.25) is 0 Å². The van der Waals surface area contributed by atoms with Gasteiger partial charge in [0.1, 0.15) is 0 Å². The molecule has 0 saturated heterocycles. The molecule has 0 aliphatic heterocycles. The highest BCUT2D eigenvalue weighted by molar-refractivity contribution is 8.00. The van der Waals surface area contributed by atoms with E-state index in [1.165, 1.54) is 11.8 Å². The molecule has 0 saturated carbocycles. The zero-order chi connectivity index (χ0) is 19.4. The third-order valence-electron chi connectivity index (χ3n) is 4.15. The summed E-state index contributed by atoms with van der Waals surface area (Å²) < 4.78 is 6.89. The molecule has 0 aliphatic rings. The van der Waals surface area contributed by atoms with Crippen molar-refractivity contribution in [3.63, 3.8) is 0 Å². The number of carbonyl (C=O) groups is 1. The summed E-state index contributed by atoms with van der Waals surface area (Å²) in [6.07, 6.45) is 0. The van der Waals surface area contributed by atoms with E-state index in [9.17, 15) is 9.59 Å². The molecule has 0 radical (unpaired) electrons. The first-order valence-electron chi connectivity index (χ1n) is 8.66. The van der Waals surface area contributed by atoms with Gasteiger partial charge in [-0.15, -0.1) is 0 Å². The summed E-state index contributed by atoms with van der Waals surface area (Å²) in [5.74, 6) is 0.114. The molecule has 1 aromatic carbocycles. The van der Waals surface area contributed by atoms with Crippen molar-refractivity contribution in [3.8, 4) is 0 Å². The number of para-hydroxylation sites is 1. The number of benzene rings is 1. The van der Waals surface area contributed by atoms with Gasteiger partial charge in [0, 0.05) is 21.2 Å². The van der Waals surface area contributed by atoms with Crippen molar-refractivity contribution in [2.75, 3.05) is 27.8 Å². The highest BCUT2D eigenvalue weighted by Crippen LogP contribution is 2.30. The summed E-state index contributed by atoms with van der Waals surface area (Å²) in [4.78, 5) is 32.0. The summed E-state index contributed by atoms with van der Waals surface area (Å²) in [6.45, 7) is 6.31. The summed E-state index contributed by atoms with van der Waals surface area (Å²) >= 11 is 1.35. The third-order valence-corrected chi connectivity index (χ3v) is 5.64. The van der Waals surface area contributed by atoms with Crippen LogP contribution in [0, 0.1) is 5.92 Å². The van der Waals surface area contributed by atoms with E-state index in [0.717, 1.165) is 0 Å². The lowest BCUT2D eigenvalue weighted by molar-refractivity contribution is -0.128. The molecule has 2 atom stereocenters. The Labute approximate surface area is 158 Å². The van der Waals surface area contributed by atoms with Crippen molar-refractivity contribution >= 4 is 28.6 Å². The van der Waals surface area contributed by atoms with E-state index in [-0.39, 0.29) is 28.7 Å². The van der Waals surface area contributed by atoms with Gasteiger partial charge in [-0.2, -0.15) is 0 Å². The summed E-state index contributed by atoms with van der Waals surface area (Å²) in [6, 6.07) is 7.10. The molecule has 0 spiro atoms. The fraction of sp³-hybridized carbons (Fsp3) is 0.526. The molecule has 1 aromatic heterocycles. The quantitative estimate of drug-likeness (QED) is 0.548. The number of fused-ring (bicyclic) bond motifs is 1. The Bertz CT molecular complexity index is 832. The highest BCUT2D eigenvalue weighted by Gasteiger charge is 2.28. The molecule has 0 fully saturated rings. The zero-order valence-electron chi connectivity index (χ0n) is 16.2. The first-order valence-corrected chi connectivity index (χ1v) is 9.53. The number of rotatable bonds is 7. The van der Waals surface area contributed by atoms with Crippen LogP contribution in [0.5, 0.6) is 0 Å². The maximum atomic E-state index is 13.1. The standard InChI is InChI=1S/C19H27N3O3S/c1-12(2)16(18(24)21(4)5)26-19-20-15-10-8-7-9-14(15)17(23)22(19)13(3)11-25-6/h7-10,12-13,16H,11H2,1-6H3/t13-,16+/m0/s1. The number of hydrogen-bond donors (Lipinski definition) is 0. The Morgan fingerprint density at radius 1 is 1.27 bits per heavy atom. The highest BCUT2D eigenvalue weighted by atomic mass is 32.2. The number of carbonyl (C=O) groups excluding carboxylic acids is 1. The van der Waals surface area contributed by atoms with E-state index in [4.69, 9.17) is 9.72 Å². The fourth-order valence-electron chi connectivity index (χ4n) is 2.75. The predicted molar refractivity (Wildman–Crippen MR) is 106 cm³/mol. The second kappa shape index (κ2) is 8.68. The van der Waals surface area contributed by atoms with E-state index in [1.807, 2.05) is 39.0 Å². The fourth-order valence-corrected chi connectivity index (χ4v) is 4.09. The van der Waals surface area contributed by atoms with Gasteiger partial charge in [-0.05, 0) is 25.0 Å². The second-order valence-corrected chi connectivity index (χ2v) is 8.01. The smallest absolute Gasteiger partial charge is 0.262 e. The Kier molecular flexibility index (Phi) is 6.83. The van der Waals surface area contributed by atoms with Gasteiger partial charge < -0.3 is 9.64 Å². The van der Waals surface area contributed by atoms with E-state index in [0.29, 0.717) is 22.7 Å². The van der Waals surface area contributed by atoms with Crippen molar-refractivity contribution in [3.05, 3.63) is 34.6 Å². The lowest BCUT2D eigenvalue weighted by Crippen LogP contribution is -2.36. The molecule has 142 valence electrons.